The van der Waals surface area contributed by atoms with Crippen LogP contribution >= 0.6 is 0 Å². The van der Waals surface area contributed by atoms with Crippen molar-refractivity contribution in [2.75, 3.05) is 24.6 Å². The van der Waals surface area contributed by atoms with Crippen molar-refractivity contribution in [2.45, 2.75) is 45.3 Å². The molecule has 1 aliphatic rings. The second kappa shape index (κ2) is 9.76. The summed E-state index contributed by atoms with van der Waals surface area (Å²) in [6.07, 6.45) is 5.01. The molecule has 0 saturated carbocycles. The lowest BCUT2D eigenvalue weighted by Crippen LogP contribution is -2.32. The van der Waals surface area contributed by atoms with E-state index in [1.54, 1.807) is 6.07 Å². The Hall–Kier alpha value is -1.82. The number of unbranched alkanes of at least 4 members (excludes halogenated alkanes) is 1. The molecule has 1 aromatic rings. The molecule has 0 bridgehead atoms. The standard InChI is InChI=1S/C20H30N2O3S/c1-5-7-11-22-13-16(8-6-2)14-25-19-10-9-17(12-18(19)22)20(23)21-26(24)15(3)4/h6,9-10,12,15-16H,2,5,7-8,11,13-14H2,1,3-4H3,(H,21,23). The van der Waals surface area contributed by atoms with Gasteiger partial charge in [-0.2, -0.15) is 0 Å². The summed E-state index contributed by atoms with van der Waals surface area (Å²) >= 11 is 0. The van der Waals surface area contributed by atoms with E-state index in [1.165, 1.54) is 0 Å². The second-order valence-electron chi connectivity index (χ2n) is 6.96. The highest BCUT2D eigenvalue weighted by molar-refractivity contribution is 7.84. The van der Waals surface area contributed by atoms with Crippen molar-refractivity contribution >= 4 is 22.6 Å². The lowest BCUT2D eigenvalue weighted by atomic mass is 10.1. The molecule has 1 aliphatic heterocycles. The minimum atomic E-state index is -1.38. The molecule has 1 aromatic carbocycles. The van der Waals surface area contributed by atoms with Crippen molar-refractivity contribution in [3.8, 4) is 5.75 Å². The maximum absolute atomic E-state index is 12.4. The monoisotopic (exact) mass is 378 g/mol. The minimum Gasteiger partial charge on any atom is -0.491 e. The Morgan fingerprint density at radius 3 is 2.92 bits per heavy atom. The molecular formula is C20H30N2O3S. The fourth-order valence-electron chi connectivity index (χ4n) is 2.91. The molecule has 1 amide bonds. The van der Waals surface area contributed by atoms with Crippen molar-refractivity contribution < 1.29 is 13.7 Å². The van der Waals surface area contributed by atoms with Crippen LogP contribution in [-0.4, -0.2) is 35.1 Å². The van der Waals surface area contributed by atoms with Crippen molar-refractivity contribution in [1.29, 1.82) is 0 Å². The lowest BCUT2D eigenvalue weighted by Gasteiger charge is -2.26. The molecule has 0 radical (unpaired) electrons. The molecular weight excluding hydrogens is 348 g/mol. The number of fused-ring (bicyclic) bond motifs is 1. The minimum absolute atomic E-state index is 0.121. The zero-order valence-corrected chi connectivity index (χ0v) is 16.8. The molecule has 5 nitrogen and oxygen atoms in total. The van der Waals surface area contributed by atoms with Crippen LogP contribution in [0.3, 0.4) is 0 Å². The van der Waals surface area contributed by atoms with E-state index < -0.39 is 11.0 Å². The van der Waals surface area contributed by atoms with E-state index in [4.69, 9.17) is 4.74 Å². The van der Waals surface area contributed by atoms with Crippen molar-refractivity contribution in [3.05, 3.63) is 36.4 Å². The molecule has 6 heteroatoms. The van der Waals surface area contributed by atoms with Gasteiger partial charge >= 0.3 is 0 Å². The number of nitrogens with zero attached hydrogens (tertiary/aromatic N) is 1. The molecule has 1 heterocycles. The van der Waals surface area contributed by atoms with Gasteiger partial charge in [0.25, 0.3) is 5.91 Å². The summed E-state index contributed by atoms with van der Waals surface area (Å²) in [4.78, 5) is 14.7. The number of hydrogen-bond donors (Lipinski definition) is 1. The highest BCUT2D eigenvalue weighted by atomic mass is 32.2. The number of hydrogen-bond acceptors (Lipinski definition) is 4. The van der Waals surface area contributed by atoms with Gasteiger partial charge in [0, 0.05) is 29.8 Å². The molecule has 2 rings (SSSR count). The quantitative estimate of drug-likeness (QED) is 0.701. The van der Waals surface area contributed by atoms with Gasteiger partial charge in [0.2, 0.25) is 0 Å². The van der Waals surface area contributed by atoms with Gasteiger partial charge in [-0.25, -0.2) is 4.21 Å². The van der Waals surface area contributed by atoms with Gasteiger partial charge in [0.15, 0.2) is 0 Å². The molecule has 2 atom stereocenters. The Balaban J connectivity index is 2.27. The van der Waals surface area contributed by atoms with E-state index in [9.17, 15) is 9.00 Å². The highest BCUT2D eigenvalue weighted by Crippen LogP contribution is 2.34. The summed E-state index contributed by atoms with van der Waals surface area (Å²) in [5.41, 5.74) is 1.44. The summed E-state index contributed by atoms with van der Waals surface area (Å²) < 4.78 is 20.5. The first-order chi connectivity index (χ1) is 12.5. The van der Waals surface area contributed by atoms with Gasteiger partial charge in [-0.3, -0.25) is 9.52 Å². The van der Waals surface area contributed by atoms with E-state index in [-0.39, 0.29) is 11.2 Å². The Morgan fingerprint density at radius 2 is 2.27 bits per heavy atom. The van der Waals surface area contributed by atoms with Crippen molar-refractivity contribution in [1.82, 2.24) is 4.72 Å². The second-order valence-corrected chi connectivity index (χ2v) is 8.70. The van der Waals surface area contributed by atoms with Crippen LogP contribution in [0.1, 0.15) is 50.4 Å². The molecule has 0 saturated heterocycles. The van der Waals surface area contributed by atoms with Gasteiger partial charge < -0.3 is 9.64 Å². The number of ether oxygens (including phenoxy) is 1. The third-order valence-corrected chi connectivity index (χ3v) is 5.66. The number of allylic oxidation sites excluding steroid dienone is 1. The van der Waals surface area contributed by atoms with Gasteiger partial charge in [-0.15, -0.1) is 6.58 Å². The van der Waals surface area contributed by atoms with Crippen LogP contribution < -0.4 is 14.4 Å². The van der Waals surface area contributed by atoms with E-state index in [0.29, 0.717) is 18.1 Å². The summed E-state index contributed by atoms with van der Waals surface area (Å²) in [5, 5.41) is -0.121. The fourth-order valence-corrected chi connectivity index (χ4v) is 3.44. The third kappa shape index (κ3) is 5.34. The fraction of sp³-hybridized carbons (Fsp3) is 0.550. The number of nitrogens with one attached hydrogen (secondary N) is 1. The topological polar surface area (TPSA) is 58.6 Å². The van der Waals surface area contributed by atoms with Crippen molar-refractivity contribution in [2.24, 2.45) is 5.92 Å². The number of amides is 1. The molecule has 0 fully saturated rings. The van der Waals surface area contributed by atoms with Gasteiger partial charge in [0.1, 0.15) is 16.7 Å². The first-order valence-electron chi connectivity index (χ1n) is 9.30. The summed E-state index contributed by atoms with van der Waals surface area (Å²) in [6.45, 7) is 12.1. The van der Waals surface area contributed by atoms with Gasteiger partial charge in [-0.05, 0) is 44.9 Å². The zero-order chi connectivity index (χ0) is 19.1. The van der Waals surface area contributed by atoms with Crippen LogP contribution in [0.25, 0.3) is 0 Å². The average Bonchev–Trinajstić information content (AvgIpc) is 2.79. The molecule has 144 valence electrons. The van der Waals surface area contributed by atoms with Crippen LogP contribution in [0.5, 0.6) is 5.75 Å². The molecule has 2 unspecified atom stereocenters. The van der Waals surface area contributed by atoms with Crippen molar-refractivity contribution in [3.63, 3.8) is 0 Å². The number of anilines is 1. The third-order valence-electron chi connectivity index (χ3n) is 4.42. The molecule has 26 heavy (non-hydrogen) atoms. The average molecular weight is 379 g/mol. The lowest BCUT2D eigenvalue weighted by molar-refractivity contribution is 0.0982. The first-order valence-corrected chi connectivity index (χ1v) is 10.5. The Kier molecular flexibility index (Phi) is 7.69. The Morgan fingerprint density at radius 1 is 1.50 bits per heavy atom. The zero-order valence-electron chi connectivity index (χ0n) is 16.0. The van der Waals surface area contributed by atoms with Crippen LogP contribution in [0.4, 0.5) is 5.69 Å². The van der Waals surface area contributed by atoms with E-state index in [1.807, 2.05) is 32.1 Å². The number of rotatable bonds is 8. The van der Waals surface area contributed by atoms with Gasteiger partial charge in [-0.1, -0.05) is 19.4 Å². The number of carbonyl (C=O) groups is 1. The predicted molar refractivity (Wildman–Crippen MR) is 108 cm³/mol. The molecule has 0 aromatic heterocycles. The van der Waals surface area contributed by atoms with Crippen LogP contribution in [-0.2, 0) is 11.0 Å². The molecule has 0 spiro atoms. The Labute approximate surface area is 159 Å². The summed E-state index contributed by atoms with van der Waals surface area (Å²) in [5.74, 6) is 0.860. The van der Waals surface area contributed by atoms with E-state index >= 15 is 0 Å². The SMILES string of the molecule is C=CCC1COc2ccc(C(=O)NS(=O)C(C)C)cc2N(CCCC)C1. The highest BCUT2D eigenvalue weighted by Gasteiger charge is 2.24. The van der Waals surface area contributed by atoms with Crippen LogP contribution in [0, 0.1) is 5.92 Å². The Bertz CT molecular complexity index is 660. The maximum Gasteiger partial charge on any atom is 0.263 e. The predicted octanol–water partition coefficient (Wildman–Crippen LogP) is 3.68. The smallest absolute Gasteiger partial charge is 0.263 e. The molecule has 0 aliphatic carbocycles. The first kappa shape index (κ1) is 20.5. The summed E-state index contributed by atoms with van der Waals surface area (Å²) in [6, 6.07) is 5.43. The summed E-state index contributed by atoms with van der Waals surface area (Å²) in [7, 11) is -1.38. The van der Waals surface area contributed by atoms with Crippen LogP contribution in [0.2, 0.25) is 0 Å². The normalized spacial score (nSPS) is 17.8. The maximum atomic E-state index is 12.4. The van der Waals surface area contributed by atoms with E-state index in [0.717, 1.165) is 43.8 Å². The number of carbonyl (C=O) groups excluding carboxylic acids is 1. The molecule has 1 N–H and O–H groups in total. The number of benzene rings is 1. The van der Waals surface area contributed by atoms with Crippen LogP contribution in [0.15, 0.2) is 30.9 Å². The largest absolute Gasteiger partial charge is 0.491 e. The van der Waals surface area contributed by atoms with E-state index in [2.05, 4.69) is 23.1 Å². The van der Waals surface area contributed by atoms with Gasteiger partial charge in [0.05, 0.1) is 12.3 Å².